The van der Waals surface area contributed by atoms with Crippen LogP contribution < -0.4 is 5.32 Å². The van der Waals surface area contributed by atoms with Crippen LogP contribution in [0.15, 0.2) is 18.2 Å². The van der Waals surface area contributed by atoms with Crippen molar-refractivity contribution in [2.45, 2.75) is 45.6 Å². The van der Waals surface area contributed by atoms with Crippen LogP contribution in [0.25, 0.3) is 0 Å². The van der Waals surface area contributed by atoms with Crippen molar-refractivity contribution in [3.05, 3.63) is 29.3 Å². The van der Waals surface area contributed by atoms with E-state index < -0.39 is 10.0 Å². The largest absolute Gasteiger partial charge is 0.325 e. The molecule has 0 aromatic heterocycles. The third-order valence-electron chi connectivity index (χ3n) is 4.11. The molecular weight excluding hydrogens is 300 g/mol. The lowest BCUT2D eigenvalue weighted by molar-refractivity contribution is -0.116. The summed E-state index contributed by atoms with van der Waals surface area (Å²) in [6.45, 7) is 3.80. The Morgan fingerprint density at radius 1 is 1.27 bits per heavy atom. The van der Waals surface area contributed by atoms with Gasteiger partial charge in [-0.15, -0.1) is 0 Å². The van der Waals surface area contributed by atoms with Gasteiger partial charge < -0.3 is 5.32 Å². The molecule has 1 aromatic rings. The Balaban J connectivity index is 2.08. The first-order chi connectivity index (χ1) is 10.3. The molecule has 0 heterocycles. The van der Waals surface area contributed by atoms with Crippen LogP contribution in [0.1, 0.15) is 36.8 Å². The Morgan fingerprint density at radius 3 is 2.45 bits per heavy atom. The van der Waals surface area contributed by atoms with Gasteiger partial charge in [-0.25, -0.2) is 8.42 Å². The van der Waals surface area contributed by atoms with E-state index in [0.717, 1.165) is 42.5 Å². The van der Waals surface area contributed by atoms with E-state index >= 15 is 0 Å². The Kier molecular flexibility index (Phi) is 5.24. The number of nitrogens with zero attached hydrogens (tertiary/aromatic N) is 1. The van der Waals surface area contributed by atoms with Crippen molar-refractivity contribution < 1.29 is 13.2 Å². The highest BCUT2D eigenvalue weighted by atomic mass is 32.2. The number of carbonyl (C=O) groups excluding carboxylic acids is 1. The summed E-state index contributed by atoms with van der Waals surface area (Å²) in [5, 5.41) is 2.82. The van der Waals surface area contributed by atoms with Gasteiger partial charge in [-0.05, 0) is 38.3 Å². The lowest BCUT2D eigenvalue weighted by Crippen LogP contribution is -2.43. The molecule has 0 radical (unpaired) electrons. The SMILES string of the molecule is Cc1ccc(NC(=O)CN(C2CCCC2)S(C)(=O)=O)c(C)c1. The van der Waals surface area contributed by atoms with Crippen LogP contribution in [0, 0.1) is 13.8 Å². The molecule has 122 valence electrons. The van der Waals surface area contributed by atoms with E-state index in [1.54, 1.807) is 0 Å². The molecule has 0 atom stereocenters. The molecule has 1 aromatic carbocycles. The second-order valence-electron chi connectivity index (χ2n) is 6.11. The number of amides is 1. The maximum atomic E-state index is 12.2. The van der Waals surface area contributed by atoms with Gasteiger partial charge in [0.25, 0.3) is 0 Å². The molecule has 0 unspecified atom stereocenters. The van der Waals surface area contributed by atoms with Crippen LogP contribution in [-0.2, 0) is 14.8 Å². The summed E-state index contributed by atoms with van der Waals surface area (Å²) in [6, 6.07) is 5.72. The Hall–Kier alpha value is -1.40. The molecule has 1 fully saturated rings. The van der Waals surface area contributed by atoms with Gasteiger partial charge >= 0.3 is 0 Å². The van der Waals surface area contributed by atoms with E-state index in [1.165, 1.54) is 10.6 Å². The van der Waals surface area contributed by atoms with Crippen molar-refractivity contribution in [3.8, 4) is 0 Å². The van der Waals surface area contributed by atoms with Crippen LogP contribution in [0.5, 0.6) is 0 Å². The third kappa shape index (κ3) is 4.30. The number of hydrogen-bond acceptors (Lipinski definition) is 3. The van der Waals surface area contributed by atoms with E-state index in [4.69, 9.17) is 0 Å². The second kappa shape index (κ2) is 6.79. The third-order valence-corrected chi connectivity index (χ3v) is 5.39. The second-order valence-corrected chi connectivity index (χ2v) is 8.05. The van der Waals surface area contributed by atoms with Gasteiger partial charge in [0.15, 0.2) is 0 Å². The van der Waals surface area contributed by atoms with Gasteiger partial charge in [-0.2, -0.15) is 4.31 Å². The Morgan fingerprint density at radius 2 is 1.91 bits per heavy atom. The number of benzene rings is 1. The molecule has 0 bridgehead atoms. The molecule has 1 aliphatic carbocycles. The number of nitrogens with one attached hydrogen (secondary N) is 1. The summed E-state index contributed by atoms with van der Waals surface area (Å²) >= 11 is 0. The van der Waals surface area contributed by atoms with Crippen LogP contribution >= 0.6 is 0 Å². The van der Waals surface area contributed by atoms with Crippen molar-refractivity contribution in [3.63, 3.8) is 0 Å². The molecule has 1 N–H and O–H groups in total. The highest BCUT2D eigenvalue weighted by molar-refractivity contribution is 7.88. The maximum absolute atomic E-state index is 12.2. The molecule has 5 nitrogen and oxygen atoms in total. The first-order valence-electron chi connectivity index (χ1n) is 7.61. The molecule has 0 saturated heterocycles. The molecule has 1 saturated carbocycles. The minimum Gasteiger partial charge on any atom is -0.325 e. The van der Waals surface area contributed by atoms with Crippen LogP contribution in [0.2, 0.25) is 0 Å². The Bertz CT molecular complexity index is 649. The predicted molar refractivity (Wildman–Crippen MR) is 88.4 cm³/mol. The van der Waals surface area contributed by atoms with E-state index in [9.17, 15) is 13.2 Å². The lowest BCUT2D eigenvalue weighted by atomic mass is 10.1. The minimum absolute atomic E-state index is 0.0418. The average molecular weight is 324 g/mol. The lowest BCUT2D eigenvalue weighted by Gasteiger charge is -2.25. The molecule has 6 heteroatoms. The standard InChI is InChI=1S/C16H24N2O3S/c1-12-8-9-15(13(2)10-12)17-16(19)11-18(22(3,20)21)14-6-4-5-7-14/h8-10,14H,4-7,11H2,1-3H3,(H,17,19). The van der Waals surface area contributed by atoms with Gasteiger partial charge in [0.05, 0.1) is 12.8 Å². The Labute approximate surface area is 132 Å². The number of hydrogen-bond donors (Lipinski definition) is 1. The molecule has 0 aliphatic heterocycles. The van der Waals surface area contributed by atoms with Crippen molar-refractivity contribution >= 4 is 21.6 Å². The topological polar surface area (TPSA) is 66.5 Å². The number of aryl methyl sites for hydroxylation is 2. The average Bonchev–Trinajstić information content (AvgIpc) is 2.91. The smallest absolute Gasteiger partial charge is 0.239 e. The molecular formula is C16H24N2O3S. The minimum atomic E-state index is -3.38. The van der Waals surface area contributed by atoms with Crippen molar-refractivity contribution in [1.29, 1.82) is 0 Å². The van der Waals surface area contributed by atoms with Crippen LogP contribution in [0.4, 0.5) is 5.69 Å². The first kappa shape index (κ1) is 17.0. The predicted octanol–water partition coefficient (Wildman–Crippen LogP) is 2.45. The van der Waals surface area contributed by atoms with E-state index in [0.29, 0.717) is 0 Å². The number of anilines is 1. The van der Waals surface area contributed by atoms with E-state index in [1.807, 2.05) is 32.0 Å². The van der Waals surface area contributed by atoms with Gasteiger partial charge in [-0.3, -0.25) is 4.79 Å². The summed E-state index contributed by atoms with van der Waals surface area (Å²) in [7, 11) is -3.38. The molecule has 1 aliphatic rings. The summed E-state index contributed by atoms with van der Waals surface area (Å²) in [6.07, 6.45) is 4.90. The summed E-state index contributed by atoms with van der Waals surface area (Å²) in [4.78, 5) is 12.2. The quantitative estimate of drug-likeness (QED) is 0.904. The highest BCUT2D eigenvalue weighted by Crippen LogP contribution is 2.25. The van der Waals surface area contributed by atoms with Crippen molar-refractivity contribution in [2.75, 3.05) is 18.1 Å². The van der Waals surface area contributed by atoms with E-state index in [-0.39, 0.29) is 18.5 Å². The fourth-order valence-electron chi connectivity index (χ4n) is 2.99. The van der Waals surface area contributed by atoms with Crippen molar-refractivity contribution in [2.24, 2.45) is 0 Å². The molecule has 0 spiro atoms. The molecule has 2 rings (SSSR count). The number of sulfonamides is 1. The van der Waals surface area contributed by atoms with Crippen molar-refractivity contribution in [1.82, 2.24) is 4.31 Å². The van der Waals surface area contributed by atoms with Gasteiger partial charge in [0, 0.05) is 11.7 Å². The van der Waals surface area contributed by atoms with Gasteiger partial charge in [0.1, 0.15) is 0 Å². The zero-order valence-corrected chi connectivity index (χ0v) is 14.2. The zero-order valence-electron chi connectivity index (χ0n) is 13.4. The molecule has 1 amide bonds. The number of rotatable bonds is 5. The highest BCUT2D eigenvalue weighted by Gasteiger charge is 2.30. The summed E-state index contributed by atoms with van der Waals surface area (Å²) in [5.74, 6) is -0.288. The number of carbonyl (C=O) groups is 1. The summed E-state index contributed by atoms with van der Waals surface area (Å²) < 4.78 is 25.3. The maximum Gasteiger partial charge on any atom is 0.239 e. The monoisotopic (exact) mass is 324 g/mol. The zero-order chi connectivity index (χ0) is 16.3. The first-order valence-corrected chi connectivity index (χ1v) is 9.46. The van der Waals surface area contributed by atoms with Crippen LogP contribution in [-0.4, -0.2) is 37.5 Å². The summed E-state index contributed by atoms with van der Waals surface area (Å²) in [5.41, 5.74) is 2.83. The van der Waals surface area contributed by atoms with Gasteiger partial charge in [-0.1, -0.05) is 30.5 Å². The fourth-order valence-corrected chi connectivity index (χ4v) is 4.10. The van der Waals surface area contributed by atoms with Gasteiger partial charge in [0.2, 0.25) is 15.9 Å². The van der Waals surface area contributed by atoms with E-state index in [2.05, 4.69) is 5.32 Å². The van der Waals surface area contributed by atoms with Crippen LogP contribution in [0.3, 0.4) is 0 Å². The fraction of sp³-hybridized carbons (Fsp3) is 0.562. The normalized spacial score (nSPS) is 16.2. The molecule has 22 heavy (non-hydrogen) atoms.